The number of carbonyl (C=O) groups is 4. The lowest BCUT2D eigenvalue weighted by Gasteiger charge is -2.34. The molecule has 0 aliphatic carbocycles. The number of nitro benzene ring substituents is 1. The number of hydrogen-bond donors (Lipinski definition) is 9. The number of carbonyl (C=O) groups excluding carboxylic acids is 4. The minimum atomic E-state index is -4.23. The van der Waals surface area contributed by atoms with Crippen molar-refractivity contribution in [3.63, 3.8) is 0 Å². The van der Waals surface area contributed by atoms with Crippen molar-refractivity contribution < 1.29 is 68.7 Å². The van der Waals surface area contributed by atoms with Crippen LogP contribution in [-0.4, -0.2) is 140 Å². The molecule has 0 aromatic heterocycles. The lowest BCUT2D eigenvalue weighted by Crippen LogP contribution is -2.59. The fraction of sp³-hybridized carbons (Fsp3) is 0.429. The van der Waals surface area contributed by atoms with Crippen molar-refractivity contribution in [2.24, 2.45) is 22.7 Å². The highest BCUT2D eigenvalue weighted by Gasteiger charge is 2.39. The van der Waals surface area contributed by atoms with Gasteiger partial charge >= 0.3 is 0 Å². The molecular formula is C70H92F4N10O12S2. The first-order chi connectivity index (χ1) is 45.9. The summed E-state index contributed by atoms with van der Waals surface area (Å²) in [6, 6.07) is 31.1. The van der Waals surface area contributed by atoms with Crippen molar-refractivity contribution in [3.05, 3.63) is 201 Å². The third-order valence-electron chi connectivity index (χ3n) is 15.5. The summed E-state index contributed by atoms with van der Waals surface area (Å²) in [7, 11) is -8.27. The van der Waals surface area contributed by atoms with E-state index in [0.29, 0.717) is 5.69 Å². The molecule has 0 saturated heterocycles. The number of non-ortho nitro benzene ring substituents is 1. The molecule has 98 heavy (non-hydrogen) atoms. The standard InChI is InChI=1S/C35H45F2N5O7S.C35H47F2N5O5S/c1-23(2)21-41(50(48,49)26-16-14-25(15-17-26)42(46)47)22-31(43)30(18-24-10-7-6-8-11-24)39-34(45)33(35(3,4)5)40-32(44)20-38-19-27-28(36)12-9-13-29(27)37;1-23(2)21-42(48(46,47)26-16-14-25(38)15-17-26)22-31(43)30(18-24-10-7-6-8-11-24)40-34(45)33(35(3,4)5)41-32(44)20-39-19-27-28(36)12-9-13-29(27)37/h6-17,23,30-31,33,38,43H,18-22H2,1-5H3,(H,39,45)(H,40,44);6-17,23,30-31,33,39,43H,18-22,38H2,1-5H3,(H,40,45)(H,41,44)/t2*30?,31?,33-/m11/s1. The van der Waals surface area contributed by atoms with E-state index in [2.05, 4.69) is 31.9 Å². The second kappa shape index (κ2) is 36.6. The second-order valence-electron chi connectivity index (χ2n) is 26.8. The number of amides is 4. The maximum atomic E-state index is 14.0. The number of nitrogen functional groups attached to an aromatic ring is 1. The fourth-order valence-corrected chi connectivity index (χ4v) is 13.6. The molecule has 0 heterocycles. The number of anilines is 1. The molecule has 0 saturated carbocycles. The molecular weight excluding hydrogens is 1310 g/mol. The summed E-state index contributed by atoms with van der Waals surface area (Å²) in [5, 5.41) is 50.8. The van der Waals surface area contributed by atoms with E-state index in [-0.39, 0.29) is 97.1 Å². The van der Waals surface area contributed by atoms with Crippen LogP contribution in [0.25, 0.3) is 0 Å². The van der Waals surface area contributed by atoms with Crippen LogP contribution in [0.15, 0.2) is 155 Å². The highest BCUT2D eigenvalue weighted by atomic mass is 32.2. The van der Waals surface area contributed by atoms with Crippen LogP contribution in [0, 0.1) is 56.0 Å². The number of hydrogen-bond acceptors (Lipinski definition) is 15. The molecule has 0 aliphatic heterocycles. The van der Waals surface area contributed by atoms with E-state index < -0.39 is 126 Å². The number of benzene rings is 6. The summed E-state index contributed by atoms with van der Waals surface area (Å²) in [5.41, 5.74) is 5.37. The maximum Gasteiger partial charge on any atom is 0.269 e. The van der Waals surface area contributed by atoms with Crippen LogP contribution < -0.4 is 37.6 Å². The zero-order valence-corrected chi connectivity index (χ0v) is 58.4. The van der Waals surface area contributed by atoms with Crippen LogP contribution >= 0.6 is 0 Å². The molecule has 534 valence electrons. The smallest absolute Gasteiger partial charge is 0.269 e. The van der Waals surface area contributed by atoms with E-state index in [4.69, 9.17) is 5.73 Å². The van der Waals surface area contributed by atoms with Gasteiger partial charge in [0.2, 0.25) is 43.7 Å². The molecule has 0 spiro atoms. The van der Waals surface area contributed by atoms with Crippen LogP contribution in [0.5, 0.6) is 0 Å². The molecule has 10 N–H and O–H groups in total. The second-order valence-corrected chi connectivity index (χ2v) is 30.7. The molecule has 6 aromatic carbocycles. The van der Waals surface area contributed by atoms with E-state index in [0.717, 1.165) is 64.0 Å². The van der Waals surface area contributed by atoms with Gasteiger partial charge in [0.1, 0.15) is 35.4 Å². The topological polar surface area (TPSA) is 325 Å². The Morgan fingerprint density at radius 1 is 0.500 bits per heavy atom. The van der Waals surface area contributed by atoms with Crippen molar-refractivity contribution in [1.29, 1.82) is 0 Å². The average Bonchev–Trinajstić information content (AvgIpc) is 0.814. The van der Waals surface area contributed by atoms with E-state index >= 15 is 0 Å². The number of nitrogens with two attached hydrogens (primary N) is 1. The van der Waals surface area contributed by atoms with Crippen molar-refractivity contribution in [2.45, 2.75) is 141 Å². The molecule has 0 bridgehead atoms. The van der Waals surface area contributed by atoms with Gasteiger partial charge in [-0.05, 0) is 107 Å². The van der Waals surface area contributed by atoms with Crippen LogP contribution in [0.4, 0.5) is 28.9 Å². The molecule has 4 unspecified atom stereocenters. The largest absolute Gasteiger partial charge is 0.399 e. The highest BCUT2D eigenvalue weighted by Crippen LogP contribution is 2.26. The first kappa shape index (κ1) is 80.5. The Hall–Kier alpha value is -8.22. The fourth-order valence-electron chi connectivity index (χ4n) is 10.3. The van der Waals surface area contributed by atoms with Crippen LogP contribution in [0.2, 0.25) is 0 Å². The van der Waals surface area contributed by atoms with Crippen molar-refractivity contribution in [3.8, 4) is 0 Å². The molecule has 0 aliphatic rings. The van der Waals surface area contributed by atoms with Crippen LogP contribution in [0.1, 0.15) is 91.5 Å². The Morgan fingerprint density at radius 2 is 0.827 bits per heavy atom. The summed E-state index contributed by atoms with van der Waals surface area (Å²) in [6.07, 6.45) is -2.49. The Morgan fingerprint density at radius 3 is 1.13 bits per heavy atom. The number of aliphatic hydroxyl groups is 2. The number of rotatable bonds is 33. The van der Waals surface area contributed by atoms with Gasteiger partial charge in [-0.15, -0.1) is 0 Å². The van der Waals surface area contributed by atoms with Gasteiger partial charge in [0.15, 0.2) is 0 Å². The third kappa shape index (κ3) is 24.6. The van der Waals surface area contributed by atoms with Gasteiger partial charge in [0, 0.05) is 68.2 Å². The van der Waals surface area contributed by atoms with Crippen molar-refractivity contribution >= 4 is 55.1 Å². The third-order valence-corrected chi connectivity index (χ3v) is 19.2. The molecule has 6 atom stereocenters. The highest BCUT2D eigenvalue weighted by molar-refractivity contribution is 7.89. The summed E-state index contributed by atoms with van der Waals surface area (Å²) < 4.78 is 113. The number of sulfonamides is 2. The van der Waals surface area contributed by atoms with Gasteiger partial charge in [-0.25, -0.2) is 34.4 Å². The Bertz CT molecular complexity index is 3790. The molecule has 0 fully saturated rings. The van der Waals surface area contributed by atoms with Gasteiger partial charge in [-0.2, -0.15) is 8.61 Å². The predicted octanol–water partition coefficient (Wildman–Crippen LogP) is 7.53. The lowest BCUT2D eigenvalue weighted by molar-refractivity contribution is -0.384. The van der Waals surface area contributed by atoms with Crippen LogP contribution in [0.3, 0.4) is 0 Å². The minimum Gasteiger partial charge on any atom is -0.399 e. The van der Waals surface area contributed by atoms with Gasteiger partial charge in [-0.1, -0.05) is 142 Å². The molecule has 4 amide bonds. The number of aliphatic hydroxyl groups excluding tert-OH is 2. The van der Waals surface area contributed by atoms with Gasteiger partial charge in [0.25, 0.3) is 5.69 Å². The van der Waals surface area contributed by atoms with E-state index in [1.165, 1.54) is 40.7 Å². The lowest BCUT2D eigenvalue weighted by atomic mass is 9.85. The number of nitrogens with zero attached hydrogens (tertiary/aromatic N) is 3. The average molecular weight is 1410 g/mol. The molecule has 6 aromatic rings. The van der Waals surface area contributed by atoms with E-state index in [1.54, 1.807) is 85.7 Å². The van der Waals surface area contributed by atoms with Crippen molar-refractivity contribution in [1.82, 2.24) is 40.5 Å². The van der Waals surface area contributed by atoms with Gasteiger partial charge in [-0.3, -0.25) is 29.3 Å². The zero-order chi connectivity index (χ0) is 72.9. The number of nitro groups is 1. The minimum absolute atomic E-state index is 0.00678. The zero-order valence-electron chi connectivity index (χ0n) is 56.8. The van der Waals surface area contributed by atoms with E-state index in [1.807, 2.05) is 44.2 Å². The Labute approximate surface area is 571 Å². The molecule has 28 heteroatoms. The number of halogens is 4. The summed E-state index contributed by atoms with van der Waals surface area (Å²) in [4.78, 5) is 63.8. The molecule has 0 radical (unpaired) electrons. The van der Waals surface area contributed by atoms with Gasteiger partial charge < -0.3 is 47.8 Å². The van der Waals surface area contributed by atoms with Gasteiger partial charge in [0.05, 0.1) is 52.1 Å². The normalized spacial score (nSPS) is 14.0. The summed E-state index contributed by atoms with van der Waals surface area (Å²) in [6.45, 7) is 16.0. The summed E-state index contributed by atoms with van der Waals surface area (Å²) in [5.74, 6) is -5.69. The number of nitrogens with one attached hydrogen (secondary N) is 6. The predicted molar refractivity (Wildman–Crippen MR) is 366 cm³/mol. The van der Waals surface area contributed by atoms with Crippen LogP contribution in [-0.2, 0) is 65.2 Å². The Balaban J connectivity index is 0.000000354. The molecule has 22 nitrogen and oxygen atoms in total. The SMILES string of the molecule is CC(C)CN(CC(O)C(Cc1ccccc1)NC(=O)[C@@H](NC(=O)CNCc1c(F)cccc1F)C(C)(C)C)S(=O)(=O)c1ccc(N)cc1.CC(C)CN(CC(O)C(Cc1ccccc1)NC(=O)[C@@H](NC(=O)CNCc1c(F)cccc1F)C(C)(C)C)S(=O)(=O)c1ccc([N+](=O)[O-])cc1. The maximum absolute atomic E-state index is 14.0. The quantitative estimate of drug-likeness (QED) is 0.00832. The first-order valence-electron chi connectivity index (χ1n) is 31.9. The Kier molecular flexibility index (Phi) is 30.0. The molecule has 6 rings (SSSR count). The summed E-state index contributed by atoms with van der Waals surface area (Å²) >= 11 is 0. The first-order valence-corrected chi connectivity index (χ1v) is 34.8. The monoisotopic (exact) mass is 1400 g/mol. The van der Waals surface area contributed by atoms with Crippen molar-refractivity contribution in [2.75, 3.05) is 45.0 Å². The van der Waals surface area contributed by atoms with E-state index in [9.17, 15) is 73.9 Å².